The number of ether oxygens (including phenoxy) is 1. The molecule has 3 rings (SSSR count). The second-order valence-corrected chi connectivity index (χ2v) is 4.93. The van der Waals surface area contributed by atoms with Crippen LogP contribution in [0.5, 0.6) is 5.75 Å². The van der Waals surface area contributed by atoms with Crippen molar-refractivity contribution in [3.8, 4) is 17.1 Å². The molecular weight excluding hydrogens is 312 g/mol. The maximum Gasteiger partial charge on any atom is 0.232 e. The first-order valence-corrected chi connectivity index (χ1v) is 6.78. The van der Waals surface area contributed by atoms with E-state index in [0.29, 0.717) is 10.8 Å². The van der Waals surface area contributed by atoms with Crippen LogP contribution in [-0.4, -0.2) is 4.98 Å². The van der Waals surface area contributed by atoms with Crippen molar-refractivity contribution in [2.24, 2.45) is 0 Å². The quantitative estimate of drug-likeness (QED) is 0.689. The number of benzene rings is 2. The second-order valence-electron chi connectivity index (χ2n) is 4.49. The van der Waals surface area contributed by atoms with E-state index in [1.807, 2.05) is 6.07 Å². The fourth-order valence-electron chi connectivity index (χ4n) is 1.88. The second kappa shape index (κ2) is 6.15. The summed E-state index contributed by atoms with van der Waals surface area (Å²) in [5.74, 6) is -0.700. The highest BCUT2D eigenvalue weighted by molar-refractivity contribution is 6.30. The van der Waals surface area contributed by atoms with E-state index in [0.717, 1.165) is 17.7 Å². The SMILES string of the molecule is Fc1ccc(OCc2ncc(-c3cccc(Cl)c3)o2)c(F)c1. The summed E-state index contributed by atoms with van der Waals surface area (Å²) in [4.78, 5) is 4.05. The molecular formula is C16H10ClF2NO2. The zero-order valence-corrected chi connectivity index (χ0v) is 12.0. The maximum absolute atomic E-state index is 13.4. The number of hydrogen-bond donors (Lipinski definition) is 0. The van der Waals surface area contributed by atoms with Gasteiger partial charge in [0.15, 0.2) is 23.9 Å². The molecule has 0 saturated carbocycles. The molecule has 0 amide bonds. The lowest BCUT2D eigenvalue weighted by molar-refractivity contribution is 0.253. The maximum atomic E-state index is 13.4. The van der Waals surface area contributed by atoms with Crippen molar-refractivity contribution in [3.63, 3.8) is 0 Å². The highest BCUT2D eigenvalue weighted by Crippen LogP contribution is 2.24. The molecule has 22 heavy (non-hydrogen) atoms. The molecule has 1 aromatic heterocycles. The Balaban J connectivity index is 1.72. The molecule has 3 nitrogen and oxygen atoms in total. The van der Waals surface area contributed by atoms with Crippen LogP contribution in [-0.2, 0) is 6.61 Å². The van der Waals surface area contributed by atoms with E-state index in [2.05, 4.69) is 4.98 Å². The lowest BCUT2D eigenvalue weighted by Crippen LogP contribution is -1.97. The van der Waals surface area contributed by atoms with Crippen LogP contribution in [0.1, 0.15) is 5.89 Å². The van der Waals surface area contributed by atoms with Gasteiger partial charge >= 0.3 is 0 Å². The number of oxazole rings is 1. The molecule has 0 spiro atoms. The summed E-state index contributed by atoms with van der Waals surface area (Å²) >= 11 is 5.91. The number of halogens is 3. The van der Waals surface area contributed by atoms with Gasteiger partial charge in [0.25, 0.3) is 0 Å². The minimum atomic E-state index is -0.776. The summed E-state index contributed by atoms with van der Waals surface area (Å²) in [6.45, 7) is -0.0664. The van der Waals surface area contributed by atoms with Crippen molar-refractivity contribution in [3.05, 3.63) is 71.2 Å². The van der Waals surface area contributed by atoms with Gasteiger partial charge in [-0.25, -0.2) is 13.8 Å². The molecule has 0 unspecified atom stereocenters. The van der Waals surface area contributed by atoms with E-state index in [4.69, 9.17) is 20.8 Å². The summed E-state index contributed by atoms with van der Waals surface area (Å²) in [5.41, 5.74) is 0.777. The summed E-state index contributed by atoms with van der Waals surface area (Å²) in [5, 5.41) is 0.583. The van der Waals surface area contributed by atoms with E-state index in [1.54, 1.807) is 18.2 Å². The predicted molar refractivity (Wildman–Crippen MR) is 77.6 cm³/mol. The molecule has 1 heterocycles. The first-order chi connectivity index (χ1) is 10.6. The minimum Gasteiger partial charge on any atom is -0.481 e. The van der Waals surface area contributed by atoms with E-state index in [1.165, 1.54) is 12.3 Å². The standard InChI is InChI=1S/C16H10ClF2NO2/c17-11-3-1-2-10(6-11)15-8-20-16(22-15)9-21-14-5-4-12(18)7-13(14)19/h1-8H,9H2. The molecule has 2 aromatic carbocycles. The third-order valence-electron chi connectivity index (χ3n) is 2.91. The summed E-state index contributed by atoms with van der Waals surface area (Å²) < 4.78 is 37.0. The molecule has 0 atom stereocenters. The Bertz CT molecular complexity index is 804. The average Bonchev–Trinajstić information content (AvgIpc) is 2.95. The largest absolute Gasteiger partial charge is 0.481 e. The minimum absolute atomic E-state index is 0.0658. The van der Waals surface area contributed by atoms with Gasteiger partial charge in [-0.1, -0.05) is 23.7 Å². The zero-order valence-electron chi connectivity index (χ0n) is 11.2. The number of nitrogens with zero attached hydrogens (tertiary/aromatic N) is 1. The Morgan fingerprint density at radius 1 is 1.14 bits per heavy atom. The first kappa shape index (κ1) is 14.5. The normalized spacial score (nSPS) is 10.7. The van der Waals surface area contributed by atoms with Crippen molar-refractivity contribution in [2.75, 3.05) is 0 Å². The molecule has 0 aliphatic heterocycles. The number of aromatic nitrogens is 1. The van der Waals surface area contributed by atoms with Gasteiger partial charge in [0.05, 0.1) is 6.20 Å². The average molecular weight is 322 g/mol. The van der Waals surface area contributed by atoms with Crippen LogP contribution >= 0.6 is 11.6 Å². The molecule has 0 fully saturated rings. The Kier molecular flexibility index (Phi) is 4.06. The molecule has 0 bridgehead atoms. The Hall–Kier alpha value is -2.40. The van der Waals surface area contributed by atoms with Crippen molar-refractivity contribution in [1.82, 2.24) is 4.98 Å². The van der Waals surface area contributed by atoms with E-state index in [-0.39, 0.29) is 18.2 Å². The molecule has 0 saturated heterocycles. The molecule has 112 valence electrons. The van der Waals surface area contributed by atoms with Crippen molar-refractivity contribution >= 4 is 11.6 Å². The summed E-state index contributed by atoms with van der Waals surface area (Å²) in [6.07, 6.45) is 1.53. The predicted octanol–water partition coefficient (Wildman–Crippen LogP) is 4.85. The van der Waals surface area contributed by atoms with Gasteiger partial charge in [-0.3, -0.25) is 0 Å². The van der Waals surface area contributed by atoms with Crippen LogP contribution in [0, 0.1) is 11.6 Å². The van der Waals surface area contributed by atoms with Gasteiger partial charge in [0.2, 0.25) is 5.89 Å². The number of hydrogen-bond acceptors (Lipinski definition) is 3. The molecule has 0 radical (unpaired) electrons. The van der Waals surface area contributed by atoms with Gasteiger partial charge in [-0.15, -0.1) is 0 Å². The van der Waals surface area contributed by atoms with Crippen LogP contribution in [0.15, 0.2) is 53.1 Å². The van der Waals surface area contributed by atoms with E-state index in [9.17, 15) is 8.78 Å². The topological polar surface area (TPSA) is 35.3 Å². The Morgan fingerprint density at radius 2 is 2.00 bits per heavy atom. The summed E-state index contributed by atoms with van der Waals surface area (Å²) in [6, 6.07) is 10.2. The molecule has 0 aliphatic carbocycles. The molecule has 0 aliphatic rings. The molecule has 6 heteroatoms. The van der Waals surface area contributed by atoms with Gasteiger partial charge in [-0.2, -0.15) is 0 Å². The van der Waals surface area contributed by atoms with Crippen LogP contribution < -0.4 is 4.74 Å². The zero-order chi connectivity index (χ0) is 15.5. The third-order valence-corrected chi connectivity index (χ3v) is 3.14. The monoisotopic (exact) mass is 321 g/mol. The van der Waals surface area contributed by atoms with Gasteiger partial charge in [-0.05, 0) is 24.3 Å². The molecule has 3 aromatic rings. The molecule has 0 N–H and O–H groups in total. The lowest BCUT2D eigenvalue weighted by atomic mass is 10.2. The number of rotatable bonds is 4. The smallest absolute Gasteiger partial charge is 0.232 e. The van der Waals surface area contributed by atoms with Gasteiger partial charge in [0.1, 0.15) is 5.82 Å². The van der Waals surface area contributed by atoms with Gasteiger partial charge in [0, 0.05) is 16.7 Å². The van der Waals surface area contributed by atoms with Crippen LogP contribution in [0.25, 0.3) is 11.3 Å². The van der Waals surface area contributed by atoms with Crippen LogP contribution in [0.4, 0.5) is 8.78 Å². The fourth-order valence-corrected chi connectivity index (χ4v) is 2.07. The van der Waals surface area contributed by atoms with Crippen molar-refractivity contribution < 1.29 is 17.9 Å². The van der Waals surface area contributed by atoms with Crippen LogP contribution in [0.2, 0.25) is 5.02 Å². The van der Waals surface area contributed by atoms with Gasteiger partial charge < -0.3 is 9.15 Å². The lowest BCUT2D eigenvalue weighted by Gasteiger charge is -2.04. The highest BCUT2D eigenvalue weighted by Gasteiger charge is 2.10. The van der Waals surface area contributed by atoms with Crippen molar-refractivity contribution in [2.45, 2.75) is 6.61 Å². The first-order valence-electron chi connectivity index (χ1n) is 6.40. The van der Waals surface area contributed by atoms with Crippen LogP contribution in [0.3, 0.4) is 0 Å². The van der Waals surface area contributed by atoms with E-state index < -0.39 is 11.6 Å². The Labute approximate surface area is 130 Å². The highest BCUT2D eigenvalue weighted by atomic mass is 35.5. The van der Waals surface area contributed by atoms with Crippen molar-refractivity contribution in [1.29, 1.82) is 0 Å². The summed E-state index contributed by atoms with van der Waals surface area (Å²) in [7, 11) is 0. The fraction of sp³-hybridized carbons (Fsp3) is 0.0625. The Morgan fingerprint density at radius 3 is 2.77 bits per heavy atom. The third kappa shape index (κ3) is 3.26. The van der Waals surface area contributed by atoms with E-state index >= 15 is 0 Å².